The van der Waals surface area contributed by atoms with Gasteiger partial charge in [0.1, 0.15) is 5.76 Å². The molecule has 7 nitrogen and oxygen atoms in total. The van der Waals surface area contributed by atoms with Gasteiger partial charge in [0.2, 0.25) is 5.76 Å². The van der Waals surface area contributed by atoms with Gasteiger partial charge in [0, 0.05) is 18.7 Å². The summed E-state index contributed by atoms with van der Waals surface area (Å²) in [5, 5.41) is 0.503. The van der Waals surface area contributed by atoms with E-state index in [9.17, 15) is 14.4 Å². The fraction of sp³-hybridized carbons (Fsp3) is 0.381. The third-order valence-corrected chi connectivity index (χ3v) is 5.07. The van der Waals surface area contributed by atoms with E-state index in [1.807, 2.05) is 6.07 Å². The molecule has 0 spiro atoms. The number of rotatable bonds is 6. The number of carbonyl (C=O) groups excluding carboxylic acids is 3. The summed E-state index contributed by atoms with van der Waals surface area (Å²) in [6.07, 6.45) is 1.08. The minimum atomic E-state index is -0.724. The summed E-state index contributed by atoms with van der Waals surface area (Å²) in [5.41, 5.74) is 0.661. The zero-order valence-electron chi connectivity index (χ0n) is 16.1. The standard InChI is InChI=1S/C21H22ClNO6/c1-2-27-20(25)14-9-11-23(12-10-14)19(24)13-28-21(26)18-8-7-17(29-18)15-5-3-4-6-16(15)22/h3-8,14H,2,9-13H2,1H3. The lowest BCUT2D eigenvalue weighted by molar-refractivity contribution is -0.151. The largest absolute Gasteiger partial charge is 0.466 e. The smallest absolute Gasteiger partial charge is 0.374 e. The number of likely N-dealkylation sites (tertiary alicyclic amines) is 1. The molecule has 1 amide bonds. The number of esters is 2. The maximum Gasteiger partial charge on any atom is 0.374 e. The molecule has 1 aliphatic heterocycles. The Kier molecular flexibility index (Phi) is 6.93. The molecular formula is C21H22ClNO6. The number of amides is 1. The van der Waals surface area contributed by atoms with Crippen molar-refractivity contribution in [3.63, 3.8) is 0 Å². The first-order valence-corrected chi connectivity index (χ1v) is 9.83. The van der Waals surface area contributed by atoms with Gasteiger partial charge in [0.15, 0.2) is 6.61 Å². The van der Waals surface area contributed by atoms with Crippen molar-refractivity contribution in [1.82, 2.24) is 4.90 Å². The average Bonchev–Trinajstić information content (AvgIpc) is 3.22. The first kappa shape index (κ1) is 20.9. The molecule has 2 aromatic rings. The van der Waals surface area contributed by atoms with Gasteiger partial charge in [-0.15, -0.1) is 0 Å². The molecule has 0 N–H and O–H groups in total. The summed E-state index contributed by atoms with van der Waals surface area (Å²) in [4.78, 5) is 37.8. The van der Waals surface area contributed by atoms with Crippen molar-refractivity contribution in [2.24, 2.45) is 5.92 Å². The maximum atomic E-state index is 12.3. The van der Waals surface area contributed by atoms with Crippen molar-refractivity contribution in [3.8, 4) is 11.3 Å². The summed E-state index contributed by atoms with van der Waals surface area (Å²) >= 11 is 6.13. The SMILES string of the molecule is CCOC(=O)C1CCN(C(=O)COC(=O)c2ccc(-c3ccccc3Cl)o2)CC1. The molecule has 1 fully saturated rings. The van der Waals surface area contributed by atoms with Crippen LogP contribution in [0.4, 0.5) is 0 Å². The highest BCUT2D eigenvalue weighted by Gasteiger charge is 2.28. The van der Waals surface area contributed by atoms with Crippen LogP contribution in [0, 0.1) is 5.92 Å². The Labute approximate surface area is 173 Å². The van der Waals surface area contributed by atoms with Crippen molar-refractivity contribution in [2.45, 2.75) is 19.8 Å². The average molecular weight is 420 g/mol. The molecular weight excluding hydrogens is 398 g/mol. The van der Waals surface area contributed by atoms with Crippen molar-refractivity contribution in [1.29, 1.82) is 0 Å². The molecule has 1 aromatic heterocycles. The first-order chi connectivity index (χ1) is 14.0. The molecule has 8 heteroatoms. The molecule has 154 valence electrons. The van der Waals surface area contributed by atoms with Crippen LogP contribution in [-0.4, -0.2) is 49.0 Å². The second-order valence-electron chi connectivity index (χ2n) is 6.63. The van der Waals surface area contributed by atoms with E-state index in [4.69, 9.17) is 25.5 Å². The Morgan fingerprint density at radius 2 is 1.83 bits per heavy atom. The Morgan fingerprint density at radius 1 is 1.10 bits per heavy atom. The van der Waals surface area contributed by atoms with Crippen LogP contribution in [0.1, 0.15) is 30.3 Å². The van der Waals surface area contributed by atoms with Gasteiger partial charge in [-0.3, -0.25) is 9.59 Å². The summed E-state index contributed by atoms with van der Waals surface area (Å²) in [6, 6.07) is 10.2. The fourth-order valence-electron chi connectivity index (χ4n) is 3.17. The number of hydrogen-bond donors (Lipinski definition) is 0. The molecule has 0 radical (unpaired) electrons. The minimum Gasteiger partial charge on any atom is -0.466 e. The number of ether oxygens (including phenoxy) is 2. The molecule has 1 saturated heterocycles. The normalized spacial score (nSPS) is 14.5. The van der Waals surface area contributed by atoms with E-state index in [1.165, 1.54) is 6.07 Å². The number of carbonyl (C=O) groups is 3. The van der Waals surface area contributed by atoms with Crippen LogP contribution in [-0.2, 0) is 19.1 Å². The van der Waals surface area contributed by atoms with E-state index in [1.54, 1.807) is 36.1 Å². The highest BCUT2D eigenvalue weighted by molar-refractivity contribution is 6.33. The van der Waals surface area contributed by atoms with Crippen LogP contribution in [0.3, 0.4) is 0 Å². The predicted molar refractivity (Wildman–Crippen MR) is 105 cm³/mol. The number of benzene rings is 1. The van der Waals surface area contributed by atoms with Gasteiger partial charge in [-0.05, 0) is 44.0 Å². The van der Waals surface area contributed by atoms with Crippen molar-refractivity contribution >= 4 is 29.4 Å². The molecule has 0 bridgehead atoms. The van der Waals surface area contributed by atoms with Crippen LogP contribution in [0.2, 0.25) is 5.02 Å². The number of halogens is 1. The second kappa shape index (κ2) is 9.60. The molecule has 0 atom stereocenters. The third-order valence-electron chi connectivity index (χ3n) is 4.74. The van der Waals surface area contributed by atoms with E-state index in [2.05, 4.69) is 0 Å². The topological polar surface area (TPSA) is 86.0 Å². The lowest BCUT2D eigenvalue weighted by Gasteiger charge is -2.30. The van der Waals surface area contributed by atoms with E-state index in [0.717, 1.165) is 0 Å². The highest BCUT2D eigenvalue weighted by Crippen LogP contribution is 2.29. The van der Waals surface area contributed by atoms with E-state index < -0.39 is 5.97 Å². The van der Waals surface area contributed by atoms with Gasteiger partial charge in [-0.1, -0.05) is 23.7 Å². The monoisotopic (exact) mass is 419 g/mol. The number of furan rings is 1. The Balaban J connectivity index is 1.49. The van der Waals surface area contributed by atoms with Crippen LogP contribution in [0.15, 0.2) is 40.8 Å². The van der Waals surface area contributed by atoms with Gasteiger partial charge in [-0.25, -0.2) is 4.79 Å². The molecule has 0 unspecified atom stereocenters. The van der Waals surface area contributed by atoms with Crippen LogP contribution >= 0.6 is 11.6 Å². The quantitative estimate of drug-likeness (QED) is 0.665. The van der Waals surface area contributed by atoms with Crippen molar-refractivity contribution in [3.05, 3.63) is 47.2 Å². The predicted octanol–water partition coefficient (Wildman–Crippen LogP) is 3.56. The van der Waals surface area contributed by atoms with Gasteiger partial charge in [0.25, 0.3) is 5.91 Å². The molecule has 1 aliphatic rings. The van der Waals surface area contributed by atoms with E-state index in [-0.39, 0.29) is 30.2 Å². The Bertz CT molecular complexity index is 885. The molecule has 0 aliphatic carbocycles. The fourth-order valence-corrected chi connectivity index (χ4v) is 3.40. The summed E-state index contributed by atoms with van der Waals surface area (Å²) in [6.45, 7) is 2.58. The molecule has 2 heterocycles. The first-order valence-electron chi connectivity index (χ1n) is 9.46. The number of piperidine rings is 1. The van der Waals surface area contributed by atoms with Gasteiger partial charge < -0.3 is 18.8 Å². The van der Waals surface area contributed by atoms with Crippen LogP contribution < -0.4 is 0 Å². The third kappa shape index (κ3) is 5.17. The maximum absolute atomic E-state index is 12.3. The lowest BCUT2D eigenvalue weighted by atomic mass is 9.97. The van der Waals surface area contributed by atoms with E-state index >= 15 is 0 Å². The zero-order valence-corrected chi connectivity index (χ0v) is 16.8. The summed E-state index contributed by atoms with van der Waals surface area (Å²) in [5.74, 6) is -1.01. The van der Waals surface area contributed by atoms with Crippen molar-refractivity contribution < 1.29 is 28.3 Å². The zero-order chi connectivity index (χ0) is 20.8. The Morgan fingerprint density at radius 3 is 2.52 bits per heavy atom. The lowest BCUT2D eigenvalue weighted by Crippen LogP contribution is -2.42. The van der Waals surface area contributed by atoms with Crippen LogP contribution in [0.5, 0.6) is 0 Å². The van der Waals surface area contributed by atoms with Crippen molar-refractivity contribution in [2.75, 3.05) is 26.3 Å². The molecule has 0 saturated carbocycles. The molecule has 1 aromatic carbocycles. The van der Waals surface area contributed by atoms with Gasteiger partial charge in [0.05, 0.1) is 17.5 Å². The van der Waals surface area contributed by atoms with Gasteiger partial charge in [-0.2, -0.15) is 0 Å². The number of hydrogen-bond acceptors (Lipinski definition) is 6. The highest BCUT2D eigenvalue weighted by atomic mass is 35.5. The summed E-state index contributed by atoms with van der Waals surface area (Å²) < 4.78 is 15.6. The minimum absolute atomic E-state index is 0.00580. The molecule has 3 rings (SSSR count). The Hall–Kier alpha value is -2.80. The van der Waals surface area contributed by atoms with Crippen LogP contribution in [0.25, 0.3) is 11.3 Å². The summed E-state index contributed by atoms with van der Waals surface area (Å²) in [7, 11) is 0. The van der Waals surface area contributed by atoms with Gasteiger partial charge >= 0.3 is 11.9 Å². The van der Waals surface area contributed by atoms with E-state index in [0.29, 0.717) is 48.9 Å². The second-order valence-corrected chi connectivity index (χ2v) is 7.03. The molecule has 29 heavy (non-hydrogen) atoms. The number of nitrogens with zero attached hydrogens (tertiary/aromatic N) is 1.